The van der Waals surface area contributed by atoms with Gasteiger partial charge in [0.1, 0.15) is 0 Å². The number of methoxy groups -OCH3 is 2. The molecule has 182 valence electrons. The number of aromatic carboxylic acids is 1. The fourth-order valence-corrected chi connectivity index (χ4v) is 3.78. The minimum Gasteiger partial charge on any atom is -0.503 e. The molecule has 0 saturated heterocycles. The van der Waals surface area contributed by atoms with Gasteiger partial charge in [0.2, 0.25) is 0 Å². The number of hydrogen-bond acceptors (Lipinski definition) is 8. The van der Waals surface area contributed by atoms with Crippen molar-refractivity contribution in [1.82, 2.24) is 0 Å². The quantitative estimate of drug-likeness (QED) is 0.569. The average molecular weight is 481 g/mol. The van der Waals surface area contributed by atoms with Crippen molar-refractivity contribution in [3.05, 3.63) is 76.1 Å². The van der Waals surface area contributed by atoms with E-state index in [2.05, 4.69) is 0 Å². The number of benzene rings is 2. The Hall–Kier alpha value is -4.47. The molecule has 3 rings (SSSR count). The molecule has 1 atom stereocenters. The van der Waals surface area contributed by atoms with Crippen molar-refractivity contribution in [2.24, 2.45) is 5.92 Å². The lowest BCUT2D eigenvalue weighted by atomic mass is 9.90. The Balaban J connectivity index is 2.27. The number of Topliss-reactive ketones (excluding diaryl/α,β-unsaturated/α-hetero) is 1. The second kappa shape index (κ2) is 9.80. The number of anilines is 1. The molecule has 2 aromatic rings. The molecule has 1 aliphatic heterocycles. The normalized spacial score (nSPS) is 15.4. The lowest BCUT2D eigenvalue weighted by molar-refractivity contribution is -0.119. The van der Waals surface area contributed by atoms with Gasteiger partial charge in [-0.2, -0.15) is 0 Å². The van der Waals surface area contributed by atoms with Crippen molar-refractivity contribution in [2.75, 3.05) is 19.1 Å². The molecule has 10 nitrogen and oxygen atoms in total. The molecule has 35 heavy (non-hydrogen) atoms. The van der Waals surface area contributed by atoms with Crippen molar-refractivity contribution in [1.29, 1.82) is 0 Å². The topological polar surface area (TPSA) is 148 Å². The second-order valence-electron chi connectivity index (χ2n) is 8.04. The largest absolute Gasteiger partial charge is 0.503 e. The van der Waals surface area contributed by atoms with E-state index in [1.165, 1.54) is 42.5 Å². The molecule has 0 radical (unpaired) electrons. The van der Waals surface area contributed by atoms with Crippen LogP contribution in [0, 0.1) is 5.92 Å². The number of amides is 1. The number of aliphatic hydroxyl groups is 1. The molecule has 2 aromatic carbocycles. The van der Waals surface area contributed by atoms with Gasteiger partial charge in [0, 0.05) is 11.6 Å². The summed E-state index contributed by atoms with van der Waals surface area (Å²) in [6.45, 7) is 3.21. The molecular weight excluding hydrogens is 458 g/mol. The third-order valence-electron chi connectivity index (χ3n) is 5.51. The van der Waals surface area contributed by atoms with Crippen LogP contribution in [-0.4, -0.2) is 54.0 Å². The summed E-state index contributed by atoms with van der Waals surface area (Å²) < 4.78 is 9.49. The molecular formula is C25H23NO9. The number of carbonyl (C=O) groups is 5. The molecule has 0 spiro atoms. The number of carboxylic acids is 1. The predicted molar refractivity (Wildman–Crippen MR) is 122 cm³/mol. The van der Waals surface area contributed by atoms with Gasteiger partial charge >= 0.3 is 17.9 Å². The van der Waals surface area contributed by atoms with Crippen LogP contribution in [0.1, 0.15) is 56.5 Å². The van der Waals surface area contributed by atoms with Gasteiger partial charge in [-0.3, -0.25) is 14.5 Å². The first-order valence-corrected chi connectivity index (χ1v) is 10.5. The number of rotatable bonds is 7. The lowest BCUT2D eigenvalue weighted by Crippen LogP contribution is -2.32. The van der Waals surface area contributed by atoms with Gasteiger partial charge in [0.15, 0.2) is 11.5 Å². The molecule has 0 saturated carbocycles. The van der Waals surface area contributed by atoms with E-state index in [1.807, 2.05) is 0 Å². The number of aliphatic hydroxyl groups excluding tert-OH is 1. The number of esters is 2. The monoisotopic (exact) mass is 481 g/mol. The van der Waals surface area contributed by atoms with E-state index in [0.29, 0.717) is 5.56 Å². The summed E-state index contributed by atoms with van der Waals surface area (Å²) in [5.41, 5.74) is 0.0113. The third kappa shape index (κ3) is 4.63. The van der Waals surface area contributed by atoms with Crippen LogP contribution in [0.3, 0.4) is 0 Å². The molecule has 0 aromatic heterocycles. The Bertz CT molecular complexity index is 1220. The zero-order valence-corrected chi connectivity index (χ0v) is 19.4. The van der Waals surface area contributed by atoms with Crippen molar-refractivity contribution >= 4 is 35.3 Å². The maximum absolute atomic E-state index is 13.2. The van der Waals surface area contributed by atoms with Crippen LogP contribution in [0.5, 0.6) is 0 Å². The van der Waals surface area contributed by atoms with Crippen LogP contribution in [-0.2, 0) is 19.1 Å². The first kappa shape index (κ1) is 25.2. The van der Waals surface area contributed by atoms with E-state index in [0.717, 1.165) is 19.1 Å². The van der Waals surface area contributed by atoms with Crippen LogP contribution < -0.4 is 4.90 Å². The number of ether oxygens (including phenoxy) is 2. The Morgan fingerprint density at radius 3 is 1.83 bits per heavy atom. The summed E-state index contributed by atoms with van der Waals surface area (Å²) in [6, 6.07) is 8.09. The fourth-order valence-electron chi connectivity index (χ4n) is 3.78. The van der Waals surface area contributed by atoms with Crippen molar-refractivity contribution in [3.63, 3.8) is 0 Å². The number of hydrogen-bond donors (Lipinski definition) is 2. The molecule has 1 aliphatic rings. The molecule has 2 N–H and O–H groups in total. The fraction of sp³-hybridized carbons (Fsp3) is 0.240. The van der Waals surface area contributed by atoms with Gasteiger partial charge in [-0.15, -0.1) is 0 Å². The first-order valence-electron chi connectivity index (χ1n) is 10.5. The van der Waals surface area contributed by atoms with Gasteiger partial charge in [-0.25, -0.2) is 14.4 Å². The molecule has 0 bridgehead atoms. The number of ketones is 1. The van der Waals surface area contributed by atoms with Gasteiger partial charge in [-0.05, 0) is 35.9 Å². The van der Waals surface area contributed by atoms with Crippen molar-refractivity contribution in [2.45, 2.75) is 19.9 Å². The lowest BCUT2D eigenvalue weighted by Gasteiger charge is -2.28. The molecule has 0 aliphatic carbocycles. The van der Waals surface area contributed by atoms with E-state index >= 15 is 0 Å². The molecule has 0 unspecified atom stereocenters. The van der Waals surface area contributed by atoms with E-state index in [9.17, 15) is 34.2 Å². The van der Waals surface area contributed by atoms with Crippen LogP contribution in [0.15, 0.2) is 53.8 Å². The second-order valence-corrected chi connectivity index (χ2v) is 8.04. The van der Waals surface area contributed by atoms with Crippen LogP contribution in [0.4, 0.5) is 5.69 Å². The van der Waals surface area contributed by atoms with Crippen LogP contribution in [0.2, 0.25) is 0 Å². The van der Waals surface area contributed by atoms with Crippen LogP contribution in [0.25, 0.3) is 0 Å². The molecule has 1 amide bonds. The Labute approximate surface area is 200 Å². The molecule has 10 heteroatoms. The van der Waals surface area contributed by atoms with Crippen molar-refractivity contribution < 1.29 is 43.7 Å². The summed E-state index contributed by atoms with van der Waals surface area (Å²) in [5.74, 6) is -5.53. The van der Waals surface area contributed by atoms with Gasteiger partial charge in [-0.1, -0.05) is 26.0 Å². The predicted octanol–water partition coefficient (Wildman–Crippen LogP) is 3.08. The van der Waals surface area contributed by atoms with Crippen LogP contribution >= 0.6 is 0 Å². The molecule has 1 heterocycles. The number of nitrogens with zero attached hydrogens (tertiary/aromatic N) is 1. The number of carboxylic acid groups (broad SMARTS) is 1. The minimum atomic E-state index is -1.17. The summed E-state index contributed by atoms with van der Waals surface area (Å²) in [6.07, 6.45) is 0. The van der Waals surface area contributed by atoms with Gasteiger partial charge in [0.05, 0.1) is 42.5 Å². The zero-order valence-electron chi connectivity index (χ0n) is 19.4. The summed E-state index contributed by atoms with van der Waals surface area (Å²) in [7, 11) is 2.29. The third-order valence-corrected chi connectivity index (χ3v) is 5.51. The smallest absolute Gasteiger partial charge is 0.337 e. The zero-order chi connectivity index (χ0) is 26.0. The first-order chi connectivity index (χ1) is 16.5. The van der Waals surface area contributed by atoms with E-state index in [4.69, 9.17) is 9.47 Å². The highest BCUT2D eigenvalue weighted by molar-refractivity contribution is 6.17. The summed E-state index contributed by atoms with van der Waals surface area (Å²) in [4.78, 5) is 63.2. The van der Waals surface area contributed by atoms with E-state index in [1.54, 1.807) is 13.8 Å². The number of carbonyl (C=O) groups excluding carboxylic acids is 4. The van der Waals surface area contributed by atoms with Gasteiger partial charge in [0.25, 0.3) is 5.91 Å². The maximum Gasteiger partial charge on any atom is 0.337 e. The average Bonchev–Trinajstić information content (AvgIpc) is 3.12. The van der Waals surface area contributed by atoms with Gasteiger partial charge < -0.3 is 19.7 Å². The van der Waals surface area contributed by atoms with E-state index in [-0.39, 0.29) is 28.0 Å². The highest BCUT2D eigenvalue weighted by atomic mass is 16.5. The molecule has 0 fully saturated rings. The van der Waals surface area contributed by atoms with Crippen molar-refractivity contribution in [3.8, 4) is 0 Å². The standard InChI is InChI=1S/C25H23NO9/c1-12(2)20(27)18-19(13-5-7-14(8-6-13)23(30)31)26(22(29)21(18)28)17-10-15(24(32)34-3)9-16(11-17)25(33)35-4/h5-12,19,28H,1-4H3,(H,30,31)/t19-/m0/s1. The highest BCUT2D eigenvalue weighted by Gasteiger charge is 2.45. The highest BCUT2D eigenvalue weighted by Crippen LogP contribution is 2.42. The summed E-state index contributed by atoms with van der Waals surface area (Å²) in [5, 5.41) is 19.9. The Kier molecular flexibility index (Phi) is 7.04. The van der Waals surface area contributed by atoms with E-state index < -0.39 is 47.3 Å². The Morgan fingerprint density at radius 2 is 1.40 bits per heavy atom. The minimum absolute atomic E-state index is 0.0173. The SMILES string of the molecule is COC(=O)c1cc(C(=O)OC)cc(N2C(=O)C(O)=C(C(=O)C(C)C)[C@@H]2c2ccc(C(=O)O)cc2)c1. The Morgan fingerprint density at radius 1 is 0.886 bits per heavy atom. The summed E-state index contributed by atoms with van der Waals surface area (Å²) >= 11 is 0. The maximum atomic E-state index is 13.2.